The van der Waals surface area contributed by atoms with Crippen molar-refractivity contribution in [1.82, 2.24) is 0 Å². The zero-order valence-corrected chi connectivity index (χ0v) is 10.6. The monoisotopic (exact) mass is 320 g/mol. The SMILES string of the molecule is NC(=O)CCNc1cc(Br)ccc1Br. The van der Waals surface area contributed by atoms with Gasteiger partial charge in [-0.1, -0.05) is 15.9 Å². The fraction of sp³-hybridized carbons (Fsp3) is 0.222. The maximum Gasteiger partial charge on any atom is 0.219 e. The molecule has 0 bridgehead atoms. The van der Waals surface area contributed by atoms with E-state index in [0.29, 0.717) is 13.0 Å². The minimum Gasteiger partial charge on any atom is -0.384 e. The highest BCUT2D eigenvalue weighted by molar-refractivity contribution is 9.11. The zero-order valence-electron chi connectivity index (χ0n) is 7.39. The van der Waals surface area contributed by atoms with E-state index >= 15 is 0 Å². The summed E-state index contributed by atoms with van der Waals surface area (Å²) in [4.78, 5) is 10.5. The van der Waals surface area contributed by atoms with Gasteiger partial charge in [0.15, 0.2) is 0 Å². The quantitative estimate of drug-likeness (QED) is 0.895. The molecule has 0 saturated heterocycles. The molecule has 76 valence electrons. The smallest absolute Gasteiger partial charge is 0.219 e. The maximum absolute atomic E-state index is 10.5. The second kappa shape index (κ2) is 5.36. The fourth-order valence-corrected chi connectivity index (χ4v) is 1.70. The third-order valence-corrected chi connectivity index (χ3v) is 2.80. The summed E-state index contributed by atoms with van der Waals surface area (Å²) in [7, 11) is 0. The Hall–Kier alpha value is -0.550. The minimum absolute atomic E-state index is 0.302. The number of nitrogens with two attached hydrogens (primary N) is 1. The lowest BCUT2D eigenvalue weighted by atomic mass is 10.3. The first-order valence-electron chi connectivity index (χ1n) is 4.07. The van der Waals surface area contributed by atoms with E-state index < -0.39 is 0 Å². The van der Waals surface area contributed by atoms with Crippen molar-refractivity contribution in [3.8, 4) is 0 Å². The van der Waals surface area contributed by atoms with Crippen LogP contribution in [0.25, 0.3) is 0 Å². The van der Waals surface area contributed by atoms with Crippen molar-refractivity contribution in [1.29, 1.82) is 0 Å². The summed E-state index contributed by atoms with van der Waals surface area (Å²) in [5, 5.41) is 3.11. The van der Waals surface area contributed by atoms with Crippen LogP contribution in [0.4, 0.5) is 5.69 Å². The number of halogens is 2. The molecule has 0 aromatic heterocycles. The molecule has 14 heavy (non-hydrogen) atoms. The Morgan fingerprint density at radius 2 is 2.14 bits per heavy atom. The molecule has 0 spiro atoms. The Balaban J connectivity index is 2.57. The van der Waals surface area contributed by atoms with E-state index in [1.54, 1.807) is 0 Å². The first kappa shape index (κ1) is 11.5. The number of rotatable bonds is 4. The average molecular weight is 322 g/mol. The standard InChI is InChI=1S/C9H10Br2N2O/c10-6-1-2-7(11)8(5-6)13-4-3-9(12)14/h1-2,5,13H,3-4H2,(H2,12,14). The highest BCUT2D eigenvalue weighted by Crippen LogP contribution is 2.25. The van der Waals surface area contributed by atoms with E-state index in [9.17, 15) is 4.79 Å². The van der Waals surface area contributed by atoms with E-state index in [-0.39, 0.29) is 5.91 Å². The predicted octanol–water partition coefficient (Wildman–Crippen LogP) is 2.50. The number of amides is 1. The van der Waals surface area contributed by atoms with Gasteiger partial charge in [-0.2, -0.15) is 0 Å². The molecule has 0 aliphatic heterocycles. The van der Waals surface area contributed by atoms with E-state index in [0.717, 1.165) is 14.6 Å². The van der Waals surface area contributed by atoms with Gasteiger partial charge < -0.3 is 11.1 Å². The predicted molar refractivity (Wildman–Crippen MR) is 64.1 cm³/mol. The van der Waals surface area contributed by atoms with Crippen LogP contribution in [0, 0.1) is 0 Å². The lowest BCUT2D eigenvalue weighted by Crippen LogP contribution is -2.15. The summed E-state index contributed by atoms with van der Waals surface area (Å²) in [6.45, 7) is 0.546. The van der Waals surface area contributed by atoms with Crippen LogP contribution in [0.1, 0.15) is 6.42 Å². The first-order valence-corrected chi connectivity index (χ1v) is 5.65. The number of primary amides is 1. The molecule has 1 amide bonds. The summed E-state index contributed by atoms with van der Waals surface area (Å²) in [6, 6.07) is 5.80. The van der Waals surface area contributed by atoms with Gasteiger partial charge in [0.05, 0.1) is 0 Å². The van der Waals surface area contributed by atoms with Gasteiger partial charge in [0, 0.05) is 27.6 Å². The molecule has 0 atom stereocenters. The molecule has 0 radical (unpaired) electrons. The molecule has 1 rings (SSSR count). The molecule has 0 unspecified atom stereocenters. The van der Waals surface area contributed by atoms with E-state index in [2.05, 4.69) is 37.2 Å². The molecule has 3 N–H and O–H groups in total. The average Bonchev–Trinajstić information content (AvgIpc) is 2.10. The molecule has 1 aromatic rings. The molecule has 5 heteroatoms. The molecule has 0 saturated carbocycles. The molecular weight excluding hydrogens is 312 g/mol. The molecule has 3 nitrogen and oxygen atoms in total. The Morgan fingerprint density at radius 3 is 2.79 bits per heavy atom. The van der Waals surface area contributed by atoms with Gasteiger partial charge in [0.2, 0.25) is 5.91 Å². The number of carbonyl (C=O) groups excluding carboxylic acids is 1. The molecular formula is C9H10Br2N2O. The number of hydrogen-bond acceptors (Lipinski definition) is 2. The van der Waals surface area contributed by atoms with Crippen LogP contribution in [0.5, 0.6) is 0 Å². The van der Waals surface area contributed by atoms with Crippen LogP contribution >= 0.6 is 31.9 Å². The molecule has 0 aliphatic carbocycles. The van der Waals surface area contributed by atoms with Crippen molar-refractivity contribution < 1.29 is 4.79 Å². The summed E-state index contributed by atoms with van der Waals surface area (Å²) in [5.74, 6) is -0.302. The number of anilines is 1. The lowest BCUT2D eigenvalue weighted by Gasteiger charge is -2.07. The van der Waals surface area contributed by atoms with Gasteiger partial charge in [0.1, 0.15) is 0 Å². The fourth-order valence-electron chi connectivity index (χ4n) is 0.953. The summed E-state index contributed by atoms with van der Waals surface area (Å²) in [5.41, 5.74) is 5.97. The number of benzene rings is 1. The Morgan fingerprint density at radius 1 is 1.43 bits per heavy atom. The van der Waals surface area contributed by atoms with Crippen molar-refractivity contribution in [3.05, 3.63) is 27.1 Å². The van der Waals surface area contributed by atoms with Crippen molar-refractivity contribution in [2.45, 2.75) is 6.42 Å². The van der Waals surface area contributed by atoms with Crippen LogP contribution in [0.15, 0.2) is 27.1 Å². The zero-order chi connectivity index (χ0) is 10.6. The van der Waals surface area contributed by atoms with Crippen molar-refractivity contribution >= 4 is 43.5 Å². The van der Waals surface area contributed by atoms with Gasteiger partial charge in [-0.3, -0.25) is 4.79 Å². The molecule has 0 heterocycles. The van der Waals surface area contributed by atoms with Crippen molar-refractivity contribution in [3.63, 3.8) is 0 Å². The lowest BCUT2D eigenvalue weighted by molar-refractivity contribution is -0.117. The summed E-state index contributed by atoms with van der Waals surface area (Å²) >= 11 is 6.76. The number of hydrogen-bond donors (Lipinski definition) is 2. The highest BCUT2D eigenvalue weighted by atomic mass is 79.9. The number of carbonyl (C=O) groups is 1. The highest BCUT2D eigenvalue weighted by Gasteiger charge is 2.00. The van der Waals surface area contributed by atoms with Gasteiger partial charge >= 0.3 is 0 Å². The van der Waals surface area contributed by atoms with E-state index in [1.807, 2.05) is 18.2 Å². The van der Waals surface area contributed by atoms with Gasteiger partial charge in [0.25, 0.3) is 0 Å². The minimum atomic E-state index is -0.302. The molecule has 0 aliphatic rings. The van der Waals surface area contributed by atoms with Gasteiger partial charge in [-0.25, -0.2) is 0 Å². The summed E-state index contributed by atoms with van der Waals surface area (Å²) < 4.78 is 1.95. The molecule has 1 aromatic carbocycles. The normalized spacial score (nSPS) is 9.86. The van der Waals surface area contributed by atoms with Crippen molar-refractivity contribution in [2.24, 2.45) is 5.73 Å². The van der Waals surface area contributed by atoms with Crippen LogP contribution < -0.4 is 11.1 Å². The van der Waals surface area contributed by atoms with Crippen LogP contribution in [-0.2, 0) is 4.79 Å². The van der Waals surface area contributed by atoms with Gasteiger partial charge in [-0.05, 0) is 34.1 Å². The Bertz CT molecular complexity index is 342. The van der Waals surface area contributed by atoms with E-state index in [1.165, 1.54) is 0 Å². The van der Waals surface area contributed by atoms with Gasteiger partial charge in [-0.15, -0.1) is 0 Å². The van der Waals surface area contributed by atoms with E-state index in [4.69, 9.17) is 5.73 Å². The van der Waals surface area contributed by atoms with Crippen molar-refractivity contribution in [2.75, 3.05) is 11.9 Å². The first-order chi connectivity index (χ1) is 6.59. The van der Waals surface area contributed by atoms with Crippen LogP contribution in [0.2, 0.25) is 0 Å². The Kier molecular flexibility index (Phi) is 4.41. The summed E-state index contributed by atoms with van der Waals surface area (Å²) in [6.07, 6.45) is 0.332. The van der Waals surface area contributed by atoms with Crippen LogP contribution in [-0.4, -0.2) is 12.5 Å². The second-order valence-electron chi connectivity index (χ2n) is 2.77. The Labute approximate surface area is 99.3 Å². The molecule has 0 fully saturated rings. The second-order valence-corrected chi connectivity index (χ2v) is 4.54. The largest absolute Gasteiger partial charge is 0.384 e. The third-order valence-electron chi connectivity index (χ3n) is 1.62. The topological polar surface area (TPSA) is 55.1 Å². The maximum atomic E-state index is 10.5. The number of nitrogens with one attached hydrogen (secondary N) is 1. The third kappa shape index (κ3) is 3.67. The van der Waals surface area contributed by atoms with Crippen LogP contribution in [0.3, 0.4) is 0 Å².